The molecule has 2 unspecified atom stereocenters. The molecule has 6 heteroatoms. The summed E-state index contributed by atoms with van der Waals surface area (Å²) in [7, 11) is 0. The lowest BCUT2D eigenvalue weighted by molar-refractivity contribution is -0.122. The first-order chi connectivity index (χ1) is 18.0. The minimum absolute atomic E-state index is 0.0155. The van der Waals surface area contributed by atoms with E-state index in [1.165, 1.54) is 5.56 Å². The molecule has 2 heterocycles. The van der Waals surface area contributed by atoms with Crippen LogP contribution in [0.5, 0.6) is 0 Å². The van der Waals surface area contributed by atoms with Crippen LogP contribution in [0.2, 0.25) is 0 Å². The van der Waals surface area contributed by atoms with Gasteiger partial charge in [0.25, 0.3) is 0 Å². The van der Waals surface area contributed by atoms with Crippen molar-refractivity contribution >= 4 is 23.7 Å². The van der Waals surface area contributed by atoms with Gasteiger partial charge >= 0.3 is 0 Å². The quantitative estimate of drug-likeness (QED) is 0.353. The number of hydrogen-bond acceptors (Lipinski definition) is 3. The molecule has 5 rings (SSSR count). The summed E-state index contributed by atoms with van der Waals surface area (Å²) in [5, 5.41) is 9.27. The van der Waals surface area contributed by atoms with Crippen LogP contribution in [0.15, 0.2) is 60.7 Å². The Hall–Kier alpha value is -3.51. The normalized spacial score (nSPS) is 21.9. The molecule has 3 N–H and O–H groups in total. The minimum atomic E-state index is -0.801. The van der Waals surface area contributed by atoms with Crippen molar-refractivity contribution in [1.29, 1.82) is 0 Å². The standard InChI is InChI=1S/C24H29FN2O.C8H9NO/c1-14-9-10-17-19(11-14)27-22(28)24(17)18(13-26-20(24)12-23(3,4)5)16-8-6-7-15(2)21(16)25;1-7-2-4-8(5-3-7)9-6-10/h6-11,18,20,26H,12-13H2,1-5H3,(H,27,28);2-6H,1H3,(H,9,10)/t18?,20?,24-;/m0./s1. The third-order valence-electron chi connectivity index (χ3n) is 7.60. The van der Waals surface area contributed by atoms with Crippen molar-refractivity contribution in [3.05, 3.63) is 94.3 Å². The predicted molar refractivity (Wildman–Crippen MR) is 152 cm³/mol. The zero-order valence-corrected chi connectivity index (χ0v) is 23.1. The average Bonchev–Trinajstić information content (AvgIpc) is 3.34. The zero-order chi connectivity index (χ0) is 27.7. The van der Waals surface area contributed by atoms with Crippen LogP contribution in [0.3, 0.4) is 0 Å². The first kappa shape index (κ1) is 27.5. The third kappa shape index (κ3) is 5.23. The van der Waals surface area contributed by atoms with E-state index in [-0.39, 0.29) is 29.1 Å². The van der Waals surface area contributed by atoms with Crippen LogP contribution in [0.25, 0.3) is 0 Å². The summed E-state index contributed by atoms with van der Waals surface area (Å²) in [6, 6.07) is 19.2. The Morgan fingerprint density at radius 3 is 2.37 bits per heavy atom. The molecule has 3 aromatic rings. The second kappa shape index (κ2) is 10.7. The Kier molecular flexibility index (Phi) is 7.75. The number of halogens is 1. The molecule has 2 amide bonds. The van der Waals surface area contributed by atoms with E-state index >= 15 is 4.39 Å². The molecule has 2 aliphatic rings. The number of rotatable bonds is 4. The van der Waals surface area contributed by atoms with Gasteiger partial charge in [0.15, 0.2) is 0 Å². The molecule has 5 nitrogen and oxygen atoms in total. The maximum atomic E-state index is 15.2. The number of amides is 2. The molecule has 2 aliphatic heterocycles. The number of anilines is 2. The molecule has 0 saturated carbocycles. The summed E-state index contributed by atoms with van der Waals surface area (Å²) < 4.78 is 15.2. The second-order valence-corrected chi connectivity index (χ2v) is 11.8. The highest BCUT2D eigenvalue weighted by molar-refractivity contribution is 6.08. The Morgan fingerprint density at radius 2 is 1.71 bits per heavy atom. The van der Waals surface area contributed by atoms with Crippen molar-refractivity contribution in [2.45, 2.75) is 65.3 Å². The maximum absolute atomic E-state index is 15.2. The fraction of sp³-hybridized carbons (Fsp3) is 0.375. The lowest BCUT2D eigenvalue weighted by Crippen LogP contribution is -2.49. The Morgan fingerprint density at radius 1 is 1.03 bits per heavy atom. The largest absolute Gasteiger partial charge is 0.329 e. The number of aryl methyl sites for hydroxylation is 3. The van der Waals surface area contributed by atoms with Crippen molar-refractivity contribution in [3.8, 4) is 0 Å². The molecular weight excluding hydrogens is 477 g/mol. The van der Waals surface area contributed by atoms with Gasteiger partial charge in [0, 0.05) is 29.9 Å². The fourth-order valence-electron chi connectivity index (χ4n) is 5.84. The van der Waals surface area contributed by atoms with Crippen LogP contribution in [-0.2, 0) is 15.0 Å². The molecular formula is C32H38FN3O2. The van der Waals surface area contributed by atoms with E-state index in [1.54, 1.807) is 13.0 Å². The second-order valence-electron chi connectivity index (χ2n) is 11.8. The number of fused-ring (bicyclic) bond motifs is 2. The van der Waals surface area contributed by atoms with Gasteiger partial charge in [-0.2, -0.15) is 0 Å². The van der Waals surface area contributed by atoms with Crippen LogP contribution in [0.4, 0.5) is 15.8 Å². The summed E-state index contributed by atoms with van der Waals surface area (Å²) in [4.78, 5) is 23.5. The van der Waals surface area contributed by atoms with Gasteiger partial charge < -0.3 is 16.0 Å². The van der Waals surface area contributed by atoms with Crippen LogP contribution < -0.4 is 16.0 Å². The Labute approximate surface area is 225 Å². The Balaban J connectivity index is 0.000000283. The summed E-state index contributed by atoms with van der Waals surface area (Å²) in [5.74, 6) is -0.458. The average molecular weight is 516 g/mol. The van der Waals surface area contributed by atoms with E-state index in [1.807, 2.05) is 56.3 Å². The van der Waals surface area contributed by atoms with Crippen molar-refractivity contribution in [2.75, 3.05) is 17.2 Å². The maximum Gasteiger partial charge on any atom is 0.237 e. The van der Waals surface area contributed by atoms with E-state index in [9.17, 15) is 9.59 Å². The van der Waals surface area contributed by atoms with E-state index in [0.717, 1.165) is 28.9 Å². The lowest BCUT2D eigenvalue weighted by Gasteiger charge is -2.37. The minimum Gasteiger partial charge on any atom is -0.329 e. The topological polar surface area (TPSA) is 70.2 Å². The summed E-state index contributed by atoms with van der Waals surface area (Å²) in [5.41, 5.74) is 5.48. The highest BCUT2D eigenvalue weighted by atomic mass is 19.1. The predicted octanol–water partition coefficient (Wildman–Crippen LogP) is 6.39. The van der Waals surface area contributed by atoms with Crippen molar-refractivity contribution in [2.24, 2.45) is 5.41 Å². The number of hydrogen-bond donors (Lipinski definition) is 3. The van der Waals surface area contributed by atoms with Crippen molar-refractivity contribution in [3.63, 3.8) is 0 Å². The van der Waals surface area contributed by atoms with Gasteiger partial charge in [-0.1, -0.05) is 68.8 Å². The lowest BCUT2D eigenvalue weighted by atomic mass is 9.63. The molecule has 3 atom stereocenters. The van der Waals surface area contributed by atoms with Crippen LogP contribution in [0, 0.1) is 32.0 Å². The molecule has 0 bridgehead atoms. The first-order valence-corrected chi connectivity index (χ1v) is 13.1. The zero-order valence-electron chi connectivity index (χ0n) is 23.1. The molecule has 200 valence electrons. The molecule has 1 spiro atoms. The summed E-state index contributed by atoms with van der Waals surface area (Å²) >= 11 is 0. The molecule has 0 radical (unpaired) electrons. The van der Waals surface area contributed by atoms with Crippen LogP contribution >= 0.6 is 0 Å². The van der Waals surface area contributed by atoms with Crippen molar-refractivity contribution < 1.29 is 14.0 Å². The summed E-state index contributed by atoms with van der Waals surface area (Å²) in [6.45, 7) is 13.0. The van der Waals surface area contributed by atoms with Gasteiger partial charge in [-0.25, -0.2) is 4.39 Å². The smallest absolute Gasteiger partial charge is 0.237 e. The number of carbonyl (C=O) groups is 2. The van der Waals surface area contributed by atoms with Crippen LogP contribution in [0.1, 0.15) is 60.9 Å². The number of benzene rings is 3. The number of nitrogens with one attached hydrogen (secondary N) is 3. The van der Waals surface area contributed by atoms with Gasteiger partial charge in [-0.05, 0) is 73.1 Å². The van der Waals surface area contributed by atoms with Gasteiger partial charge in [-0.3, -0.25) is 9.59 Å². The molecule has 1 saturated heterocycles. The highest BCUT2D eigenvalue weighted by Gasteiger charge is 2.61. The fourth-order valence-corrected chi connectivity index (χ4v) is 5.84. The molecule has 0 aromatic heterocycles. The van der Waals surface area contributed by atoms with Gasteiger partial charge in [0.2, 0.25) is 12.3 Å². The summed E-state index contributed by atoms with van der Waals surface area (Å²) in [6.07, 6.45) is 1.50. The Bertz CT molecular complexity index is 1330. The van der Waals surface area contributed by atoms with Gasteiger partial charge in [0.1, 0.15) is 5.82 Å². The first-order valence-electron chi connectivity index (χ1n) is 13.1. The molecule has 1 fully saturated rings. The van der Waals surface area contributed by atoms with Crippen molar-refractivity contribution in [1.82, 2.24) is 5.32 Å². The monoisotopic (exact) mass is 515 g/mol. The SMILES string of the molecule is Cc1ccc(NC=O)cc1.Cc1ccc2c(c1)NC(=O)[C@@]21C(CC(C)(C)C)NCC1c1cccc(C)c1F. The molecule has 3 aromatic carbocycles. The van der Waals surface area contributed by atoms with E-state index in [0.29, 0.717) is 24.1 Å². The van der Waals surface area contributed by atoms with Gasteiger partial charge in [0.05, 0.1) is 5.41 Å². The van der Waals surface area contributed by atoms with E-state index in [2.05, 4.69) is 48.9 Å². The molecule has 0 aliphatic carbocycles. The van der Waals surface area contributed by atoms with Crippen LogP contribution in [-0.4, -0.2) is 24.9 Å². The highest BCUT2D eigenvalue weighted by Crippen LogP contribution is 2.54. The van der Waals surface area contributed by atoms with E-state index < -0.39 is 5.41 Å². The number of carbonyl (C=O) groups excluding carboxylic acids is 2. The van der Waals surface area contributed by atoms with Gasteiger partial charge in [-0.15, -0.1) is 0 Å². The molecule has 38 heavy (non-hydrogen) atoms. The third-order valence-corrected chi connectivity index (χ3v) is 7.60. The van der Waals surface area contributed by atoms with E-state index in [4.69, 9.17) is 0 Å².